The van der Waals surface area contributed by atoms with Crippen LogP contribution in [0, 0.1) is 13.8 Å². The topological polar surface area (TPSA) is 96.0 Å². The van der Waals surface area contributed by atoms with Crippen LogP contribution in [-0.2, 0) is 41.5 Å². The Balaban J connectivity index is 0.000000340. The van der Waals surface area contributed by atoms with Crippen LogP contribution in [0.3, 0.4) is 0 Å². The van der Waals surface area contributed by atoms with Gasteiger partial charge < -0.3 is 14.2 Å². The first-order chi connectivity index (χ1) is 16.2. The summed E-state index contributed by atoms with van der Waals surface area (Å²) in [6, 6.07) is 13.5. The van der Waals surface area contributed by atoms with Crippen LogP contribution >= 0.6 is 0 Å². The number of hydrogen-bond acceptors (Lipinski definition) is 7. The molecule has 0 aliphatic carbocycles. The van der Waals surface area contributed by atoms with E-state index in [0.29, 0.717) is 12.8 Å². The number of carbonyl (C=O) groups is 4. The Labute approximate surface area is 201 Å². The summed E-state index contributed by atoms with van der Waals surface area (Å²) in [5.74, 6) is -1.71. The molecule has 0 bridgehead atoms. The van der Waals surface area contributed by atoms with Gasteiger partial charge in [0, 0.05) is 12.8 Å². The fourth-order valence-electron chi connectivity index (χ4n) is 3.16. The minimum atomic E-state index is -0.762. The molecule has 34 heavy (non-hydrogen) atoms. The quantitative estimate of drug-likeness (QED) is 0.360. The van der Waals surface area contributed by atoms with E-state index in [2.05, 4.69) is 15.5 Å². The van der Waals surface area contributed by atoms with Crippen molar-refractivity contribution in [2.24, 2.45) is 0 Å². The third kappa shape index (κ3) is 9.98. The van der Waals surface area contributed by atoms with Crippen LogP contribution in [0.5, 0.6) is 5.75 Å². The van der Waals surface area contributed by atoms with Crippen LogP contribution in [0.2, 0.25) is 0 Å². The Morgan fingerprint density at radius 3 is 1.76 bits per heavy atom. The lowest BCUT2D eigenvalue weighted by Crippen LogP contribution is -2.17. The van der Waals surface area contributed by atoms with E-state index >= 15 is 0 Å². The maximum Gasteiger partial charge on any atom is 0.374 e. The second-order valence-electron chi connectivity index (χ2n) is 7.53. The number of ketones is 2. The fourth-order valence-corrected chi connectivity index (χ4v) is 3.16. The van der Waals surface area contributed by atoms with Gasteiger partial charge in [-0.25, -0.2) is 9.59 Å². The molecule has 0 amide bonds. The molecule has 2 rings (SSSR count). The normalized spacial score (nSPS) is 9.91. The van der Waals surface area contributed by atoms with Gasteiger partial charge in [-0.15, -0.1) is 0 Å². The van der Waals surface area contributed by atoms with Crippen LogP contribution < -0.4 is 4.74 Å². The van der Waals surface area contributed by atoms with Crippen LogP contribution in [0.4, 0.5) is 0 Å². The molecule has 0 heterocycles. The second kappa shape index (κ2) is 15.4. The summed E-state index contributed by atoms with van der Waals surface area (Å²) in [6.45, 7) is 7.87. The standard InChI is InChI=1S/C14H18O3.C13H16O4/c1-4-17-14(16)13(15)8-7-12-6-5-10(2)9-11(12)3;1-3-17-13(15)11(14)9-8-10-6-4-5-7-12(10)16-2/h5-6,9H,4,7-8H2,1-3H3;4-7H,3,8-9H2,1-2H3. The van der Waals surface area contributed by atoms with E-state index < -0.39 is 23.5 Å². The Bertz CT molecular complexity index is 979. The molecule has 0 aliphatic heterocycles. The van der Waals surface area contributed by atoms with Crippen LogP contribution in [0.1, 0.15) is 48.9 Å². The molecule has 0 saturated carbocycles. The van der Waals surface area contributed by atoms with Gasteiger partial charge in [0.05, 0.1) is 20.3 Å². The van der Waals surface area contributed by atoms with Crippen molar-refractivity contribution in [1.29, 1.82) is 0 Å². The van der Waals surface area contributed by atoms with E-state index in [4.69, 9.17) is 4.74 Å². The highest BCUT2D eigenvalue weighted by Gasteiger charge is 2.16. The van der Waals surface area contributed by atoms with E-state index in [1.165, 1.54) is 5.56 Å². The number of hydrogen-bond donors (Lipinski definition) is 0. The summed E-state index contributed by atoms with van der Waals surface area (Å²) in [5, 5.41) is 0. The summed E-state index contributed by atoms with van der Waals surface area (Å²) in [6.07, 6.45) is 1.41. The SMILES string of the molecule is CCOC(=O)C(=O)CCc1ccc(C)cc1C.CCOC(=O)C(=O)CCc1ccccc1OC. The van der Waals surface area contributed by atoms with Crippen LogP contribution in [-0.4, -0.2) is 43.8 Å². The average Bonchev–Trinajstić information content (AvgIpc) is 2.82. The molecule has 0 spiro atoms. The lowest BCUT2D eigenvalue weighted by molar-refractivity contribution is -0.153. The predicted molar refractivity (Wildman–Crippen MR) is 129 cm³/mol. The maximum absolute atomic E-state index is 11.4. The molecule has 0 atom stereocenters. The van der Waals surface area contributed by atoms with E-state index in [1.54, 1.807) is 21.0 Å². The lowest BCUT2D eigenvalue weighted by Gasteiger charge is -2.07. The highest BCUT2D eigenvalue weighted by Crippen LogP contribution is 2.19. The first-order valence-electron chi connectivity index (χ1n) is 11.3. The first kappa shape index (κ1) is 28.6. The van der Waals surface area contributed by atoms with E-state index in [-0.39, 0.29) is 26.1 Å². The van der Waals surface area contributed by atoms with Gasteiger partial charge in [-0.3, -0.25) is 9.59 Å². The Kier molecular flexibility index (Phi) is 12.9. The van der Waals surface area contributed by atoms with Gasteiger partial charge in [-0.05, 0) is 63.3 Å². The second-order valence-corrected chi connectivity index (χ2v) is 7.53. The minimum absolute atomic E-state index is 0.138. The number of ether oxygens (including phenoxy) is 3. The molecule has 184 valence electrons. The molecule has 0 saturated heterocycles. The van der Waals surface area contributed by atoms with Crippen molar-refractivity contribution < 1.29 is 33.4 Å². The third-order valence-corrected chi connectivity index (χ3v) is 4.94. The number of rotatable bonds is 11. The summed E-state index contributed by atoms with van der Waals surface area (Å²) < 4.78 is 14.4. The van der Waals surface area contributed by atoms with Gasteiger partial charge in [0.1, 0.15) is 5.75 Å². The molecule has 0 N–H and O–H groups in total. The largest absolute Gasteiger partial charge is 0.496 e. The van der Waals surface area contributed by atoms with Crippen molar-refractivity contribution in [2.75, 3.05) is 20.3 Å². The number of aryl methyl sites for hydroxylation is 4. The summed E-state index contributed by atoms with van der Waals surface area (Å²) in [5.41, 5.74) is 4.37. The maximum atomic E-state index is 11.4. The Morgan fingerprint density at radius 2 is 1.26 bits per heavy atom. The Hall–Kier alpha value is -3.48. The molecular formula is C27H34O7. The molecule has 0 radical (unpaired) electrons. The van der Waals surface area contributed by atoms with Crippen molar-refractivity contribution in [1.82, 2.24) is 0 Å². The molecular weight excluding hydrogens is 436 g/mol. The molecule has 2 aromatic rings. The van der Waals surface area contributed by atoms with Crippen molar-refractivity contribution in [2.45, 2.75) is 53.4 Å². The number of para-hydroxylation sites is 1. The zero-order valence-electron chi connectivity index (χ0n) is 20.6. The number of Topliss-reactive ketones (excluding diaryl/α,β-unsaturated/α-hetero) is 2. The summed E-state index contributed by atoms with van der Waals surface area (Å²) in [7, 11) is 1.58. The predicted octanol–water partition coefficient (Wildman–Crippen LogP) is 4.13. The summed E-state index contributed by atoms with van der Waals surface area (Å²) in [4.78, 5) is 45.0. The third-order valence-electron chi connectivity index (χ3n) is 4.94. The van der Waals surface area contributed by atoms with Gasteiger partial charge in [-0.1, -0.05) is 42.0 Å². The van der Waals surface area contributed by atoms with Gasteiger partial charge in [-0.2, -0.15) is 0 Å². The lowest BCUT2D eigenvalue weighted by atomic mass is 10.0. The van der Waals surface area contributed by atoms with Crippen molar-refractivity contribution in [3.05, 3.63) is 64.7 Å². The number of methoxy groups -OCH3 is 1. The molecule has 0 aromatic heterocycles. The monoisotopic (exact) mass is 470 g/mol. The van der Waals surface area contributed by atoms with Gasteiger partial charge in [0.15, 0.2) is 0 Å². The van der Waals surface area contributed by atoms with Crippen molar-refractivity contribution in [3.63, 3.8) is 0 Å². The first-order valence-corrected chi connectivity index (χ1v) is 11.3. The van der Waals surface area contributed by atoms with Crippen LogP contribution in [0.25, 0.3) is 0 Å². The molecule has 0 fully saturated rings. The highest BCUT2D eigenvalue weighted by atomic mass is 16.5. The molecule has 2 aromatic carbocycles. The van der Waals surface area contributed by atoms with Crippen molar-refractivity contribution in [3.8, 4) is 5.75 Å². The number of esters is 2. The van der Waals surface area contributed by atoms with Crippen LogP contribution in [0.15, 0.2) is 42.5 Å². The smallest absolute Gasteiger partial charge is 0.374 e. The van der Waals surface area contributed by atoms with Gasteiger partial charge in [0.25, 0.3) is 0 Å². The van der Waals surface area contributed by atoms with Gasteiger partial charge in [0.2, 0.25) is 11.6 Å². The van der Waals surface area contributed by atoms with E-state index in [9.17, 15) is 19.2 Å². The fraction of sp³-hybridized carbons (Fsp3) is 0.407. The molecule has 7 nitrogen and oxygen atoms in total. The highest BCUT2D eigenvalue weighted by molar-refractivity contribution is 6.34. The molecule has 7 heteroatoms. The minimum Gasteiger partial charge on any atom is -0.496 e. The van der Waals surface area contributed by atoms with E-state index in [0.717, 1.165) is 22.4 Å². The average molecular weight is 471 g/mol. The Morgan fingerprint density at radius 1 is 0.735 bits per heavy atom. The zero-order valence-corrected chi connectivity index (χ0v) is 20.6. The van der Waals surface area contributed by atoms with E-state index in [1.807, 2.05) is 50.2 Å². The number of carbonyl (C=O) groups excluding carboxylic acids is 4. The molecule has 0 unspecified atom stereocenters. The number of benzene rings is 2. The molecule has 0 aliphatic rings. The summed E-state index contributed by atoms with van der Waals surface area (Å²) >= 11 is 0. The van der Waals surface area contributed by atoms with Crippen molar-refractivity contribution >= 4 is 23.5 Å². The van der Waals surface area contributed by atoms with Gasteiger partial charge >= 0.3 is 11.9 Å². The zero-order chi connectivity index (χ0) is 25.5.